The first kappa shape index (κ1) is 6.27. The molecule has 4 nitrogen and oxygen atoms in total. The standard InChI is InChI=1S/C7H6N2O2/c10-5-1-2-6(11)7-8-3-4(5)9-7/h3H,1-2H2,(H,8,9). The van der Waals surface area contributed by atoms with E-state index in [4.69, 9.17) is 0 Å². The van der Waals surface area contributed by atoms with Gasteiger partial charge in [0.2, 0.25) is 0 Å². The number of nitrogens with one attached hydrogen (secondary N) is 1. The Balaban J connectivity index is 2.54. The molecule has 1 aliphatic heterocycles. The van der Waals surface area contributed by atoms with Gasteiger partial charge < -0.3 is 4.98 Å². The summed E-state index contributed by atoms with van der Waals surface area (Å²) < 4.78 is 0. The highest BCUT2D eigenvalue weighted by atomic mass is 16.1. The number of carbonyl (C=O) groups is 2. The zero-order valence-corrected chi connectivity index (χ0v) is 5.76. The number of fused-ring (bicyclic) bond motifs is 2. The van der Waals surface area contributed by atoms with Crippen molar-refractivity contribution in [3.63, 3.8) is 0 Å². The predicted octanol–water partition coefficient (Wildman–Crippen LogP) is 0.569. The van der Waals surface area contributed by atoms with Crippen molar-refractivity contribution in [1.82, 2.24) is 9.97 Å². The molecule has 0 amide bonds. The second-order valence-electron chi connectivity index (χ2n) is 2.48. The van der Waals surface area contributed by atoms with Gasteiger partial charge in [0.25, 0.3) is 0 Å². The van der Waals surface area contributed by atoms with E-state index in [0.29, 0.717) is 17.9 Å². The average Bonchev–Trinajstić information content (AvgIpc) is 2.42. The highest BCUT2D eigenvalue weighted by molar-refractivity contribution is 6.03. The summed E-state index contributed by atoms with van der Waals surface area (Å²) in [5.74, 6) is 0.173. The van der Waals surface area contributed by atoms with Crippen molar-refractivity contribution in [2.75, 3.05) is 0 Å². The molecule has 0 atom stereocenters. The maximum absolute atomic E-state index is 11.0. The Bertz CT molecular complexity index is 296. The SMILES string of the molecule is O=C1CCC(=O)c2nc1c[nH]2. The van der Waals surface area contributed by atoms with Crippen molar-refractivity contribution < 1.29 is 9.59 Å². The van der Waals surface area contributed by atoms with Gasteiger partial charge in [-0.1, -0.05) is 0 Å². The Morgan fingerprint density at radius 2 is 2.00 bits per heavy atom. The molecule has 0 spiro atoms. The third-order valence-electron chi connectivity index (χ3n) is 1.71. The molecule has 0 radical (unpaired) electrons. The van der Waals surface area contributed by atoms with Gasteiger partial charge in [0.15, 0.2) is 17.4 Å². The number of carbonyl (C=O) groups excluding carboxylic acids is 2. The number of ketones is 2. The third kappa shape index (κ3) is 0.869. The molecule has 1 aromatic rings. The van der Waals surface area contributed by atoms with Gasteiger partial charge in [-0.15, -0.1) is 0 Å². The lowest BCUT2D eigenvalue weighted by Gasteiger charge is -1.92. The summed E-state index contributed by atoms with van der Waals surface area (Å²) in [5.41, 5.74) is 0.380. The zero-order chi connectivity index (χ0) is 7.84. The molecule has 2 bridgehead atoms. The summed E-state index contributed by atoms with van der Waals surface area (Å²) >= 11 is 0. The van der Waals surface area contributed by atoms with Gasteiger partial charge in [0.1, 0.15) is 5.69 Å². The highest BCUT2D eigenvalue weighted by Crippen LogP contribution is 2.11. The summed E-state index contributed by atoms with van der Waals surface area (Å²) in [6.07, 6.45) is 2.05. The molecule has 1 aliphatic rings. The van der Waals surface area contributed by atoms with E-state index < -0.39 is 0 Å². The van der Waals surface area contributed by atoms with Crippen LogP contribution >= 0.6 is 0 Å². The lowest BCUT2D eigenvalue weighted by atomic mass is 10.1. The van der Waals surface area contributed by atoms with Gasteiger partial charge in [0.05, 0.1) is 0 Å². The molecule has 1 aromatic heterocycles. The van der Waals surface area contributed by atoms with E-state index in [2.05, 4.69) is 9.97 Å². The van der Waals surface area contributed by atoms with Gasteiger partial charge in [-0.25, -0.2) is 4.98 Å². The number of aromatic amines is 1. The summed E-state index contributed by atoms with van der Waals surface area (Å²) in [4.78, 5) is 28.6. The van der Waals surface area contributed by atoms with Crippen LogP contribution in [0, 0.1) is 0 Å². The normalized spacial score (nSPS) is 16.7. The largest absolute Gasteiger partial charge is 0.341 e. The first-order valence-electron chi connectivity index (χ1n) is 3.39. The molecule has 0 aliphatic carbocycles. The minimum absolute atomic E-state index is 0.0571. The molecule has 1 N–H and O–H groups in total. The summed E-state index contributed by atoms with van der Waals surface area (Å²) in [5, 5.41) is 0. The molecule has 0 unspecified atom stereocenters. The monoisotopic (exact) mass is 150 g/mol. The number of H-pyrrole nitrogens is 1. The average molecular weight is 150 g/mol. The van der Waals surface area contributed by atoms with Crippen molar-refractivity contribution >= 4 is 11.6 Å². The van der Waals surface area contributed by atoms with Crippen molar-refractivity contribution in [2.24, 2.45) is 0 Å². The molecule has 0 aromatic carbocycles. The number of rotatable bonds is 0. The topological polar surface area (TPSA) is 62.8 Å². The minimum Gasteiger partial charge on any atom is -0.341 e. The predicted molar refractivity (Wildman–Crippen MR) is 36.5 cm³/mol. The van der Waals surface area contributed by atoms with Crippen LogP contribution in [0.1, 0.15) is 33.9 Å². The Hall–Kier alpha value is -1.45. The zero-order valence-electron chi connectivity index (χ0n) is 5.76. The Kier molecular flexibility index (Phi) is 1.15. The van der Waals surface area contributed by atoms with Crippen LogP contribution in [-0.4, -0.2) is 21.5 Å². The van der Waals surface area contributed by atoms with Crippen LogP contribution in [0.25, 0.3) is 0 Å². The Morgan fingerprint density at radius 1 is 1.27 bits per heavy atom. The fourth-order valence-corrected chi connectivity index (χ4v) is 1.08. The molecule has 0 saturated heterocycles. The van der Waals surface area contributed by atoms with Crippen molar-refractivity contribution in [3.05, 3.63) is 17.7 Å². The molecule has 0 fully saturated rings. The van der Waals surface area contributed by atoms with Crippen LogP contribution in [0.2, 0.25) is 0 Å². The number of hydrogen-bond donors (Lipinski definition) is 1. The fourth-order valence-electron chi connectivity index (χ4n) is 1.08. The maximum atomic E-state index is 11.0. The van der Waals surface area contributed by atoms with E-state index >= 15 is 0 Å². The number of Topliss-reactive ketones (excluding diaryl/α,β-unsaturated/α-hetero) is 2. The van der Waals surface area contributed by atoms with Gasteiger partial charge in [-0.3, -0.25) is 9.59 Å². The van der Waals surface area contributed by atoms with Gasteiger partial charge in [-0.05, 0) is 0 Å². The molecule has 56 valence electrons. The summed E-state index contributed by atoms with van der Waals surface area (Å²) in [7, 11) is 0. The first-order chi connectivity index (χ1) is 5.27. The lowest BCUT2D eigenvalue weighted by Crippen LogP contribution is -2.02. The van der Waals surface area contributed by atoms with Crippen LogP contribution in [0.4, 0.5) is 0 Å². The highest BCUT2D eigenvalue weighted by Gasteiger charge is 2.20. The van der Waals surface area contributed by atoms with E-state index in [-0.39, 0.29) is 18.0 Å². The van der Waals surface area contributed by atoms with Crippen LogP contribution in [0.5, 0.6) is 0 Å². The van der Waals surface area contributed by atoms with Crippen molar-refractivity contribution in [2.45, 2.75) is 12.8 Å². The van der Waals surface area contributed by atoms with Crippen LogP contribution in [0.15, 0.2) is 6.20 Å². The van der Waals surface area contributed by atoms with E-state index in [1.165, 1.54) is 6.20 Å². The number of imidazole rings is 1. The number of nitrogens with zero attached hydrogens (tertiary/aromatic N) is 1. The maximum Gasteiger partial charge on any atom is 0.198 e. The van der Waals surface area contributed by atoms with E-state index in [0.717, 1.165) is 0 Å². The molecule has 2 heterocycles. The second kappa shape index (κ2) is 2.02. The van der Waals surface area contributed by atoms with Crippen molar-refractivity contribution in [1.29, 1.82) is 0 Å². The smallest absolute Gasteiger partial charge is 0.198 e. The second-order valence-corrected chi connectivity index (χ2v) is 2.48. The molecule has 2 rings (SSSR count). The first-order valence-corrected chi connectivity index (χ1v) is 3.39. The van der Waals surface area contributed by atoms with E-state index in [1.54, 1.807) is 0 Å². The number of aromatic nitrogens is 2. The molecule has 4 heteroatoms. The number of hydrogen-bond acceptors (Lipinski definition) is 3. The fraction of sp³-hybridized carbons (Fsp3) is 0.286. The van der Waals surface area contributed by atoms with Crippen LogP contribution in [-0.2, 0) is 0 Å². The molecular formula is C7H6N2O2. The summed E-state index contributed by atoms with van der Waals surface area (Å²) in [6.45, 7) is 0. The van der Waals surface area contributed by atoms with Gasteiger partial charge in [0, 0.05) is 19.0 Å². The van der Waals surface area contributed by atoms with Crippen LogP contribution in [0.3, 0.4) is 0 Å². The minimum atomic E-state index is -0.0814. The Morgan fingerprint density at radius 3 is 2.82 bits per heavy atom. The molecular weight excluding hydrogens is 144 g/mol. The summed E-state index contributed by atoms with van der Waals surface area (Å²) in [6, 6.07) is 0. The van der Waals surface area contributed by atoms with E-state index in [1.807, 2.05) is 0 Å². The lowest BCUT2D eigenvalue weighted by molar-refractivity contribution is 0.0919. The molecule has 11 heavy (non-hydrogen) atoms. The van der Waals surface area contributed by atoms with E-state index in [9.17, 15) is 9.59 Å². The quantitative estimate of drug-likeness (QED) is 0.588. The van der Waals surface area contributed by atoms with Crippen LogP contribution < -0.4 is 0 Å². The van der Waals surface area contributed by atoms with Gasteiger partial charge >= 0.3 is 0 Å². The van der Waals surface area contributed by atoms with Gasteiger partial charge in [-0.2, -0.15) is 0 Å². The molecule has 0 saturated carbocycles. The van der Waals surface area contributed by atoms with Crippen molar-refractivity contribution in [3.8, 4) is 0 Å². The third-order valence-corrected chi connectivity index (χ3v) is 1.71. The Labute approximate surface area is 62.6 Å².